The molecule has 0 radical (unpaired) electrons. The van der Waals surface area contributed by atoms with Gasteiger partial charge in [-0.05, 0) is 44.7 Å². The lowest BCUT2D eigenvalue weighted by Gasteiger charge is -2.34. The van der Waals surface area contributed by atoms with Crippen LogP contribution in [0.15, 0.2) is 29.2 Å². The summed E-state index contributed by atoms with van der Waals surface area (Å²) in [6.45, 7) is 2.23. The van der Waals surface area contributed by atoms with Crippen LogP contribution >= 0.6 is 0 Å². The highest BCUT2D eigenvalue weighted by Gasteiger charge is 2.33. The minimum absolute atomic E-state index is 0.0921. The molecule has 1 unspecified atom stereocenters. The second-order valence-corrected chi connectivity index (χ2v) is 12.2. The molecule has 0 saturated carbocycles. The molecule has 1 aromatic carbocycles. The Morgan fingerprint density at radius 3 is 2.28 bits per heavy atom. The minimum atomic E-state index is -3.70. The molecule has 2 heterocycles. The maximum atomic E-state index is 13.1. The van der Waals surface area contributed by atoms with Crippen LogP contribution in [-0.2, 0) is 29.6 Å². The second kappa shape index (κ2) is 10.4. The van der Waals surface area contributed by atoms with Gasteiger partial charge in [0.1, 0.15) is 0 Å². The Morgan fingerprint density at radius 1 is 0.969 bits per heavy atom. The number of amides is 2. The van der Waals surface area contributed by atoms with Crippen LogP contribution in [0.1, 0.15) is 50.5 Å². The Kier molecular flexibility index (Phi) is 8.07. The molecule has 1 aromatic rings. The fraction of sp³-hybridized carbons (Fsp3) is 0.619. The molecule has 32 heavy (non-hydrogen) atoms. The fourth-order valence-electron chi connectivity index (χ4n) is 4.14. The Hall–Kier alpha value is -1.82. The van der Waals surface area contributed by atoms with Crippen LogP contribution in [0.5, 0.6) is 0 Å². The van der Waals surface area contributed by atoms with E-state index in [1.807, 2.05) is 6.92 Å². The Labute approximate surface area is 190 Å². The van der Waals surface area contributed by atoms with Gasteiger partial charge in [-0.1, -0.05) is 24.1 Å². The van der Waals surface area contributed by atoms with Crippen LogP contribution < -0.4 is 4.72 Å². The van der Waals surface area contributed by atoms with Crippen LogP contribution in [0.2, 0.25) is 0 Å². The van der Waals surface area contributed by atoms with E-state index in [-0.39, 0.29) is 54.4 Å². The molecule has 2 aliphatic rings. The van der Waals surface area contributed by atoms with E-state index in [1.54, 1.807) is 24.3 Å². The van der Waals surface area contributed by atoms with E-state index in [4.69, 9.17) is 0 Å². The van der Waals surface area contributed by atoms with E-state index in [0.29, 0.717) is 25.8 Å². The van der Waals surface area contributed by atoms with Gasteiger partial charge in [-0.2, -0.15) is 4.31 Å². The lowest BCUT2D eigenvalue weighted by atomic mass is 10.0. The van der Waals surface area contributed by atoms with Crippen molar-refractivity contribution in [2.75, 3.05) is 25.4 Å². The van der Waals surface area contributed by atoms with Crippen molar-refractivity contribution in [1.82, 2.24) is 13.9 Å². The summed E-state index contributed by atoms with van der Waals surface area (Å²) in [5.74, 6) is -1.04. The van der Waals surface area contributed by atoms with Gasteiger partial charge in [0.25, 0.3) is 0 Å². The summed E-state index contributed by atoms with van der Waals surface area (Å²) in [6, 6.07) is 6.43. The maximum Gasteiger partial charge on any atom is 0.243 e. The number of aryl methyl sites for hydroxylation is 1. The summed E-state index contributed by atoms with van der Waals surface area (Å²) >= 11 is 0. The van der Waals surface area contributed by atoms with E-state index in [2.05, 4.69) is 4.72 Å². The van der Waals surface area contributed by atoms with Crippen molar-refractivity contribution in [2.24, 2.45) is 0 Å². The van der Waals surface area contributed by atoms with Crippen molar-refractivity contribution >= 4 is 31.9 Å². The first-order chi connectivity index (χ1) is 15.1. The number of carbonyl (C=O) groups is 2. The third kappa shape index (κ3) is 6.15. The smallest absolute Gasteiger partial charge is 0.243 e. The molecule has 2 aliphatic heterocycles. The standard InChI is InChI=1S/C21H31N3O6S2/c1-17-8-10-19(11-9-17)32(29,30)24-14-3-2-5-18(24)12-13-22-31(27,28)16-15-23-20(25)6-4-7-21(23)26/h8-11,18,22H,2-7,12-16H2,1H3. The van der Waals surface area contributed by atoms with Crippen molar-refractivity contribution in [1.29, 1.82) is 0 Å². The molecule has 0 bridgehead atoms. The van der Waals surface area contributed by atoms with Gasteiger partial charge < -0.3 is 0 Å². The Bertz CT molecular complexity index is 1020. The molecule has 9 nitrogen and oxygen atoms in total. The topological polar surface area (TPSA) is 121 Å². The molecular weight excluding hydrogens is 454 g/mol. The zero-order valence-electron chi connectivity index (χ0n) is 18.3. The minimum Gasteiger partial charge on any atom is -0.282 e. The fourth-order valence-corrected chi connectivity index (χ4v) is 6.86. The molecule has 0 aromatic heterocycles. The first kappa shape index (κ1) is 24.8. The molecule has 178 valence electrons. The molecule has 2 amide bonds. The lowest BCUT2D eigenvalue weighted by Crippen LogP contribution is -2.46. The average Bonchev–Trinajstić information content (AvgIpc) is 2.74. The number of nitrogens with zero attached hydrogens (tertiary/aromatic N) is 2. The third-order valence-corrected chi connectivity index (χ3v) is 9.30. The summed E-state index contributed by atoms with van der Waals surface area (Å²) in [4.78, 5) is 24.9. The predicted molar refractivity (Wildman–Crippen MR) is 120 cm³/mol. The molecule has 0 spiro atoms. The number of benzene rings is 1. The summed E-state index contributed by atoms with van der Waals surface area (Å²) < 4.78 is 55.0. The van der Waals surface area contributed by atoms with E-state index in [1.165, 1.54) is 4.31 Å². The monoisotopic (exact) mass is 485 g/mol. The Morgan fingerprint density at radius 2 is 1.62 bits per heavy atom. The number of likely N-dealkylation sites (tertiary alicyclic amines) is 1. The van der Waals surface area contributed by atoms with Gasteiger partial charge in [-0.15, -0.1) is 0 Å². The molecule has 11 heteroatoms. The van der Waals surface area contributed by atoms with Crippen LogP contribution in [0.4, 0.5) is 0 Å². The summed E-state index contributed by atoms with van der Waals surface area (Å²) in [6.07, 6.45) is 3.69. The van der Waals surface area contributed by atoms with Crippen LogP contribution in [-0.4, -0.2) is 69.3 Å². The summed E-state index contributed by atoms with van der Waals surface area (Å²) in [5.41, 5.74) is 0.974. The maximum absolute atomic E-state index is 13.1. The second-order valence-electron chi connectivity index (χ2n) is 8.37. The van der Waals surface area contributed by atoms with E-state index in [0.717, 1.165) is 23.3 Å². The van der Waals surface area contributed by atoms with Gasteiger partial charge in [0, 0.05) is 38.5 Å². The molecule has 0 aliphatic carbocycles. The number of carbonyl (C=O) groups excluding carboxylic acids is 2. The highest BCUT2D eigenvalue weighted by Crippen LogP contribution is 2.27. The van der Waals surface area contributed by atoms with Crippen molar-refractivity contribution < 1.29 is 26.4 Å². The highest BCUT2D eigenvalue weighted by atomic mass is 32.2. The number of rotatable bonds is 9. The van der Waals surface area contributed by atoms with Crippen molar-refractivity contribution in [3.05, 3.63) is 29.8 Å². The number of imide groups is 1. The number of piperidine rings is 2. The van der Waals surface area contributed by atoms with Gasteiger partial charge >= 0.3 is 0 Å². The number of nitrogens with one attached hydrogen (secondary N) is 1. The van der Waals surface area contributed by atoms with Gasteiger partial charge in [-0.25, -0.2) is 21.6 Å². The molecular formula is C21H31N3O6S2. The normalized spacial score (nSPS) is 21.2. The number of hydrogen-bond acceptors (Lipinski definition) is 6. The van der Waals surface area contributed by atoms with Gasteiger partial charge in [-0.3, -0.25) is 14.5 Å². The van der Waals surface area contributed by atoms with E-state index < -0.39 is 20.0 Å². The summed E-state index contributed by atoms with van der Waals surface area (Å²) in [7, 11) is -7.36. The van der Waals surface area contributed by atoms with Crippen LogP contribution in [0.25, 0.3) is 0 Å². The lowest BCUT2D eigenvalue weighted by molar-refractivity contribution is -0.147. The number of hydrogen-bond donors (Lipinski definition) is 1. The van der Waals surface area contributed by atoms with Crippen LogP contribution in [0, 0.1) is 6.92 Å². The van der Waals surface area contributed by atoms with Crippen molar-refractivity contribution in [2.45, 2.75) is 62.8 Å². The number of sulfonamides is 2. The summed E-state index contributed by atoms with van der Waals surface area (Å²) in [5, 5.41) is 0. The van der Waals surface area contributed by atoms with E-state index >= 15 is 0 Å². The SMILES string of the molecule is Cc1ccc(S(=O)(=O)N2CCCCC2CCNS(=O)(=O)CCN2C(=O)CCCC2=O)cc1. The highest BCUT2D eigenvalue weighted by molar-refractivity contribution is 7.89. The first-order valence-electron chi connectivity index (χ1n) is 11.0. The molecule has 1 atom stereocenters. The van der Waals surface area contributed by atoms with Crippen LogP contribution in [0.3, 0.4) is 0 Å². The average molecular weight is 486 g/mol. The third-order valence-electron chi connectivity index (χ3n) is 5.97. The Balaban J connectivity index is 1.56. The predicted octanol–water partition coefficient (Wildman–Crippen LogP) is 1.39. The van der Waals surface area contributed by atoms with Gasteiger partial charge in [0.15, 0.2) is 0 Å². The zero-order chi connectivity index (χ0) is 23.4. The van der Waals surface area contributed by atoms with E-state index in [9.17, 15) is 26.4 Å². The molecule has 2 fully saturated rings. The van der Waals surface area contributed by atoms with Gasteiger partial charge in [0.2, 0.25) is 31.9 Å². The molecule has 1 N–H and O–H groups in total. The van der Waals surface area contributed by atoms with Crippen molar-refractivity contribution in [3.63, 3.8) is 0 Å². The quantitative estimate of drug-likeness (QED) is 0.528. The molecule has 3 rings (SSSR count). The van der Waals surface area contributed by atoms with Gasteiger partial charge in [0.05, 0.1) is 10.6 Å². The molecule has 2 saturated heterocycles. The first-order valence-corrected chi connectivity index (χ1v) is 14.1. The van der Waals surface area contributed by atoms with Crippen molar-refractivity contribution in [3.8, 4) is 0 Å². The largest absolute Gasteiger partial charge is 0.282 e. The zero-order valence-corrected chi connectivity index (χ0v) is 20.0.